The van der Waals surface area contributed by atoms with Gasteiger partial charge >= 0.3 is 0 Å². The van der Waals surface area contributed by atoms with Gasteiger partial charge in [0, 0.05) is 49.3 Å². The molecule has 6 atom stereocenters. The standard InChI is InChI=1S/C23H39N5/c1-16-18-12-7-13-19(28-18)17(2)27-23-11-6-4-9-21(23)25-15-14-24-20-8-3-5-10-22(20)26-16/h7,12-13,16-17,20-27H,3-6,8-11,14-15H2,1-2H3/t16-,17+,20-,21-,22-,23-/m0/s1. The second-order valence-corrected chi connectivity index (χ2v) is 9.17. The van der Waals surface area contributed by atoms with Crippen molar-refractivity contribution >= 4 is 0 Å². The molecule has 5 heteroatoms. The summed E-state index contributed by atoms with van der Waals surface area (Å²) in [4.78, 5) is 5.06. The monoisotopic (exact) mass is 385 g/mol. The molecule has 4 rings (SSSR count). The number of pyridine rings is 1. The Hall–Kier alpha value is -1.01. The van der Waals surface area contributed by atoms with Crippen LogP contribution in [0.25, 0.3) is 0 Å². The first-order chi connectivity index (χ1) is 13.7. The van der Waals surface area contributed by atoms with Crippen LogP contribution in [0.1, 0.15) is 88.7 Å². The SMILES string of the molecule is C[C@@H]1N[C@H]2CCCC[C@@H]2NCCN[C@H]2CCCC[C@@H]2N[C@H](C)c2cccc1n2. The van der Waals surface area contributed by atoms with Gasteiger partial charge in [-0.2, -0.15) is 0 Å². The first kappa shape index (κ1) is 20.3. The summed E-state index contributed by atoms with van der Waals surface area (Å²) in [5, 5.41) is 15.5. The Morgan fingerprint density at radius 2 is 1.11 bits per heavy atom. The molecule has 2 saturated carbocycles. The molecule has 0 unspecified atom stereocenters. The fraction of sp³-hybridized carbons (Fsp3) is 0.783. The molecule has 28 heavy (non-hydrogen) atoms. The molecule has 0 saturated heterocycles. The van der Waals surface area contributed by atoms with E-state index in [1.54, 1.807) is 0 Å². The molecule has 3 aliphatic rings. The zero-order chi connectivity index (χ0) is 19.3. The Balaban J connectivity index is 1.56. The maximum absolute atomic E-state index is 5.06. The molecule has 156 valence electrons. The number of aromatic nitrogens is 1. The molecule has 0 radical (unpaired) electrons. The molecule has 0 aromatic carbocycles. The Morgan fingerprint density at radius 3 is 1.57 bits per heavy atom. The fourth-order valence-corrected chi connectivity index (χ4v) is 5.43. The van der Waals surface area contributed by atoms with Crippen LogP contribution >= 0.6 is 0 Å². The topological polar surface area (TPSA) is 61.0 Å². The molecule has 1 aliphatic heterocycles. The van der Waals surface area contributed by atoms with Gasteiger partial charge in [-0.05, 0) is 51.7 Å². The van der Waals surface area contributed by atoms with Crippen molar-refractivity contribution in [3.63, 3.8) is 0 Å². The predicted octanol–water partition coefficient (Wildman–Crippen LogP) is 3.20. The molecular weight excluding hydrogens is 346 g/mol. The highest BCUT2D eigenvalue weighted by molar-refractivity contribution is 5.17. The average molecular weight is 386 g/mol. The first-order valence-corrected chi connectivity index (χ1v) is 11.7. The molecule has 1 aromatic heterocycles. The van der Waals surface area contributed by atoms with E-state index < -0.39 is 0 Å². The lowest BCUT2D eigenvalue weighted by Gasteiger charge is -2.36. The minimum atomic E-state index is 0.283. The van der Waals surface area contributed by atoms with Crippen LogP contribution in [0.3, 0.4) is 0 Å². The van der Waals surface area contributed by atoms with Crippen LogP contribution in [-0.4, -0.2) is 42.2 Å². The van der Waals surface area contributed by atoms with E-state index in [-0.39, 0.29) is 12.1 Å². The Kier molecular flexibility index (Phi) is 6.99. The van der Waals surface area contributed by atoms with Crippen molar-refractivity contribution in [2.75, 3.05) is 13.1 Å². The third-order valence-electron chi connectivity index (χ3n) is 7.08. The lowest BCUT2D eigenvalue weighted by molar-refractivity contribution is 0.254. The molecule has 2 bridgehead atoms. The number of rotatable bonds is 0. The van der Waals surface area contributed by atoms with Gasteiger partial charge in [0.1, 0.15) is 0 Å². The van der Waals surface area contributed by atoms with Crippen LogP contribution in [0.5, 0.6) is 0 Å². The van der Waals surface area contributed by atoms with E-state index in [2.05, 4.69) is 53.3 Å². The summed E-state index contributed by atoms with van der Waals surface area (Å²) in [6.07, 6.45) is 10.4. The third kappa shape index (κ3) is 4.93. The van der Waals surface area contributed by atoms with E-state index in [1.807, 2.05) is 0 Å². The van der Waals surface area contributed by atoms with Gasteiger partial charge in [-0.3, -0.25) is 4.98 Å². The van der Waals surface area contributed by atoms with E-state index in [0.29, 0.717) is 24.2 Å². The lowest BCUT2D eigenvalue weighted by Crippen LogP contribution is -2.54. The normalized spacial score (nSPS) is 37.8. The summed E-state index contributed by atoms with van der Waals surface area (Å²) in [6, 6.07) is 9.34. The molecule has 2 aliphatic carbocycles. The van der Waals surface area contributed by atoms with Gasteiger partial charge in [0.05, 0.1) is 11.4 Å². The van der Waals surface area contributed by atoms with Crippen molar-refractivity contribution in [1.29, 1.82) is 0 Å². The molecule has 4 N–H and O–H groups in total. The molecular formula is C23H39N5. The zero-order valence-electron chi connectivity index (χ0n) is 17.7. The predicted molar refractivity (Wildman–Crippen MR) is 115 cm³/mol. The summed E-state index contributed by atoms with van der Waals surface area (Å²) in [6.45, 7) is 6.66. The molecule has 2 heterocycles. The van der Waals surface area contributed by atoms with Crippen molar-refractivity contribution in [3.05, 3.63) is 29.6 Å². The number of nitrogens with zero attached hydrogens (tertiary/aromatic N) is 1. The smallest absolute Gasteiger partial charge is 0.0574 e. The van der Waals surface area contributed by atoms with E-state index in [0.717, 1.165) is 13.1 Å². The highest BCUT2D eigenvalue weighted by Crippen LogP contribution is 2.24. The Labute approximate surface area is 170 Å². The van der Waals surface area contributed by atoms with Crippen LogP contribution in [0.15, 0.2) is 18.2 Å². The Bertz CT molecular complexity index is 572. The lowest BCUT2D eigenvalue weighted by atomic mass is 9.89. The molecule has 5 nitrogen and oxygen atoms in total. The van der Waals surface area contributed by atoms with Gasteiger partial charge in [0.15, 0.2) is 0 Å². The van der Waals surface area contributed by atoms with Gasteiger partial charge in [-0.25, -0.2) is 0 Å². The van der Waals surface area contributed by atoms with Crippen LogP contribution in [0.4, 0.5) is 0 Å². The molecule has 0 spiro atoms. The highest BCUT2D eigenvalue weighted by Gasteiger charge is 2.29. The van der Waals surface area contributed by atoms with Gasteiger partial charge in [-0.15, -0.1) is 0 Å². The molecule has 0 amide bonds. The van der Waals surface area contributed by atoms with Crippen LogP contribution in [-0.2, 0) is 0 Å². The summed E-state index contributed by atoms with van der Waals surface area (Å²) >= 11 is 0. The second-order valence-electron chi connectivity index (χ2n) is 9.17. The maximum atomic E-state index is 5.06. The van der Waals surface area contributed by atoms with E-state index in [1.165, 1.54) is 62.8 Å². The highest BCUT2D eigenvalue weighted by atomic mass is 15.1. The van der Waals surface area contributed by atoms with Gasteiger partial charge < -0.3 is 21.3 Å². The third-order valence-corrected chi connectivity index (χ3v) is 7.08. The van der Waals surface area contributed by atoms with Gasteiger partial charge in [0.2, 0.25) is 0 Å². The zero-order valence-corrected chi connectivity index (χ0v) is 17.7. The maximum Gasteiger partial charge on any atom is 0.0574 e. The number of nitrogens with one attached hydrogen (secondary N) is 4. The first-order valence-electron chi connectivity index (χ1n) is 11.7. The van der Waals surface area contributed by atoms with Crippen LogP contribution < -0.4 is 21.3 Å². The van der Waals surface area contributed by atoms with Crippen LogP contribution in [0, 0.1) is 0 Å². The largest absolute Gasteiger partial charge is 0.311 e. The van der Waals surface area contributed by atoms with Crippen molar-refractivity contribution in [1.82, 2.24) is 26.3 Å². The van der Waals surface area contributed by atoms with Crippen LogP contribution in [0.2, 0.25) is 0 Å². The minimum absolute atomic E-state index is 0.283. The quantitative estimate of drug-likeness (QED) is 0.552. The van der Waals surface area contributed by atoms with E-state index >= 15 is 0 Å². The summed E-state index contributed by atoms with van der Waals surface area (Å²) in [5.74, 6) is 0. The molecule has 1 aromatic rings. The van der Waals surface area contributed by atoms with Gasteiger partial charge in [-0.1, -0.05) is 31.7 Å². The number of hydrogen-bond donors (Lipinski definition) is 4. The van der Waals surface area contributed by atoms with Crippen molar-refractivity contribution in [2.24, 2.45) is 0 Å². The van der Waals surface area contributed by atoms with Crippen molar-refractivity contribution in [3.8, 4) is 0 Å². The average Bonchev–Trinajstić information content (AvgIpc) is 2.73. The second kappa shape index (κ2) is 9.66. The number of hydrogen-bond acceptors (Lipinski definition) is 5. The summed E-state index contributed by atoms with van der Waals surface area (Å²) in [7, 11) is 0. The molecule has 2 fully saturated rings. The van der Waals surface area contributed by atoms with Crippen molar-refractivity contribution < 1.29 is 0 Å². The number of fused-ring (bicyclic) bond motifs is 4. The Morgan fingerprint density at radius 1 is 0.679 bits per heavy atom. The van der Waals surface area contributed by atoms with Crippen molar-refractivity contribution in [2.45, 2.75) is 101 Å². The van der Waals surface area contributed by atoms with E-state index in [4.69, 9.17) is 4.98 Å². The van der Waals surface area contributed by atoms with E-state index in [9.17, 15) is 0 Å². The fourth-order valence-electron chi connectivity index (χ4n) is 5.43. The summed E-state index contributed by atoms with van der Waals surface area (Å²) in [5.41, 5.74) is 2.34. The minimum Gasteiger partial charge on any atom is -0.311 e. The summed E-state index contributed by atoms with van der Waals surface area (Å²) < 4.78 is 0. The van der Waals surface area contributed by atoms with Gasteiger partial charge in [0.25, 0.3) is 0 Å².